The van der Waals surface area contributed by atoms with E-state index in [0.717, 1.165) is 27.9 Å². The number of pyridine rings is 1. The van der Waals surface area contributed by atoms with Crippen LogP contribution in [-0.2, 0) is 0 Å². The number of hydrogen-bond acceptors (Lipinski definition) is 3. The monoisotopic (exact) mass is 373 g/mol. The zero-order chi connectivity index (χ0) is 20.3. The number of benzene rings is 2. The summed E-state index contributed by atoms with van der Waals surface area (Å²) < 4.78 is 0. The van der Waals surface area contributed by atoms with Crippen LogP contribution in [0.15, 0.2) is 54.7 Å². The molecule has 5 heteroatoms. The van der Waals surface area contributed by atoms with Gasteiger partial charge in [0.05, 0.1) is 0 Å². The van der Waals surface area contributed by atoms with Crippen molar-refractivity contribution in [1.82, 2.24) is 4.98 Å². The van der Waals surface area contributed by atoms with Crippen LogP contribution in [0.5, 0.6) is 0 Å². The highest BCUT2D eigenvalue weighted by molar-refractivity contribution is 6.08. The van der Waals surface area contributed by atoms with Gasteiger partial charge in [0.1, 0.15) is 5.69 Å². The molecule has 1 heterocycles. The highest BCUT2D eigenvalue weighted by Gasteiger charge is 2.13. The molecule has 2 N–H and O–H groups in total. The maximum absolute atomic E-state index is 12.6. The Morgan fingerprint density at radius 2 is 1.54 bits per heavy atom. The fourth-order valence-corrected chi connectivity index (χ4v) is 2.86. The van der Waals surface area contributed by atoms with E-state index in [9.17, 15) is 9.59 Å². The number of nitrogens with one attached hydrogen (secondary N) is 2. The summed E-state index contributed by atoms with van der Waals surface area (Å²) in [6, 6.07) is 14.6. The number of anilines is 2. The van der Waals surface area contributed by atoms with Crippen molar-refractivity contribution in [3.8, 4) is 0 Å². The zero-order valence-corrected chi connectivity index (χ0v) is 16.5. The SMILES string of the molecule is Cc1ccc(NC(=O)c2cc(C(=O)Nc3ccc(C)c(C)c3)ccn2)c(C)c1. The molecule has 28 heavy (non-hydrogen) atoms. The fraction of sp³-hybridized carbons (Fsp3) is 0.174. The summed E-state index contributed by atoms with van der Waals surface area (Å²) in [5, 5.41) is 5.71. The Morgan fingerprint density at radius 1 is 0.750 bits per heavy atom. The molecule has 0 fully saturated rings. The molecule has 1 aromatic heterocycles. The van der Waals surface area contributed by atoms with Crippen molar-refractivity contribution < 1.29 is 9.59 Å². The number of carbonyl (C=O) groups is 2. The van der Waals surface area contributed by atoms with Crippen LogP contribution in [0, 0.1) is 27.7 Å². The van der Waals surface area contributed by atoms with E-state index in [1.165, 1.54) is 12.3 Å². The van der Waals surface area contributed by atoms with Crippen molar-refractivity contribution in [2.24, 2.45) is 0 Å². The number of hydrogen-bond donors (Lipinski definition) is 2. The number of nitrogens with zero attached hydrogens (tertiary/aromatic N) is 1. The first kappa shape index (κ1) is 19.3. The summed E-state index contributed by atoms with van der Waals surface area (Å²) >= 11 is 0. The quantitative estimate of drug-likeness (QED) is 0.689. The summed E-state index contributed by atoms with van der Waals surface area (Å²) in [5.41, 5.74) is 6.35. The van der Waals surface area contributed by atoms with E-state index in [-0.39, 0.29) is 17.5 Å². The van der Waals surface area contributed by atoms with Crippen molar-refractivity contribution in [1.29, 1.82) is 0 Å². The van der Waals surface area contributed by atoms with Gasteiger partial charge in [-0.2, -0.15) is 0 Å². The van der Waals surface area contributed by atoms with E-state index in [2.05, 4.69) is 15.6 Å². The summed E-state index contributed by atoms with van der Waals surface area (Å²) in [6.07, 6.45) is 1.46. The number of amides is 2. The van der Waals surface area contributed by atoms with E-state index < -0.39 is 0 Å². The minimum absolute atomic E-state index is 0.188. The average Bonchev–Trinajstić information content (AvgIpc) is 2.67. The van der Waals surface area contributed by atoms with Crippen LogP contribution in [0.1, 0.15) is 43.1 Å². The van der Waals surface area contributed by atoms with Gasteiger partial charge >= 0.3 is 0 Å². The van der Waals surface area contributed by atoms with Crippen molar-refractivity contribution >= 4 is 23.2 Å². The molecule has 0 atom stereocenters. The van der Waals surface area contributed by atoms with Gasteiger partial charge in [-0.15, -0.1) is 0 Å². The molecule has 0 saturated heterocycles. The largest absolute Gasteiger partial charge is 0.322 e. The van der Waals surface area contributed by atoms with Gasteiger partial charge in [-0.25, -0.2) is 0 Å². The first-order valence-electron chi connectivity index (χ1n) is 9.07. The van der Waals surface area contributed by atoms with Gasteiger partial charge < -0.3 is 10.6 Å². The molecule has 0 spiro atoms. The zero-order valence-electron chi connectivity index (χ0n) is 16.5. The van der Waals surface area contributed by atoms with Crippen molar-refractivity contribution in [2.45, 2.75) is 27.7 Å². The second-order valence-corrected chi connectivity index (χ2v) is 6.96. The lowest BCUT2D eigenvalue weighted by Crippen LogP contribution is -2.17. The predicted molar refractivity (Wildman–Crippen MR) is 112 cm³/mol. The number of aromatic nitrogens is 1. The molecule has 0 saturated carbocycles. The third kappa shape index (κ3) is 4.43. The van der Waals surface area contributed by atoms with E-state index >= 15 is 0 Å². The maximum atomic E-state index is 12.6. The molecule has 0 aliphatic rings. The molecule has 5 nitrogen and oxygen atoms in total. The van der Waals surface area contributed by atoms with Crippen LogP contribution < -0.4 is 10.6 Å². The molecule has 3 aromatic rings. The molecular weight excluding hydrogens is 350 g/mol. The average molecular weight is 373 g/mol. The first-order valence-corrected chi connectivity index (χ1v) is 9.07. The highest BCUT2D eigenvalue weighted by atomic mass is 16.2. The van der Waals surface area contributed by atoms with Crippen LogP contribution in [-0.4, -0.2) is 16.8 Å². The standard InChI is InChI=1S/C23H23N3O2/c1-14-5-8-20(17(4)11-14)26-23(28)21-13-18(9-10-24-21)22(27)25-19-7-6-15(2)16(3)12-19/h5-13H,1-4H3,(H,25,27)(H,26,28). The van der Waals surface area contributed by atoms with E-state index in [0.29, 0.717) is 11.3 Å². The molecule has 0 aliphatic carbocycles. The molecule has 0 bridgehead atoms. The first-order chi connectivity index (χ1) is 13.3. The number of rotatable bonds is 4. The minimum atomic E-state index is -0.354. The molecule has 3 rings (SSSR count). The number of carbonyl (C=O) groups excluding carboxylic acids is 2. The van der Waals surface area contributed by atoms with Crippen LogP contribution in [0.3, 0.4) is 0 Å². The molecule has 0 unspecified atom stereocenters. The third-order valence-corrected chi connectivity index (χ3v) is 4.65. The van der Waals surface area contributed by atoms with Gasteiger partial charge in [0, 0.05) is 23.1 Å². The van der Waals surface area contributed by atoms with Gasteiger partial charge in [0.2, 0.25) is 0 Å². The molecule has 2 amide bonds. The Morgan fingerprint density at radius 3 is 2.25 bits per heavy atom. The lowest BCUT2D eigenvalue weighted by atomic mass is 10.1. The molecular formula is C23H23N3O2. The van der Waals surface area contributed by atoms with Crippen LogP contribution >= 0.6 is 0 Å². The van der Waals surface area contributed by atoms with Crippen LogP contribution in [0.4, 0.5) is 11.4 Å². The summed E-state index contributed by atoms with van der Waals surface area (Å²) in [6.45, 7) is 7.94. The van der Waals surface area contributed by atoms with Gasteiger partial charge in [0.15, 0.2) is 0 Å². The summed E-state index contributed by atoms with van der Waals surface area (Å²) in [5.74, 6) is -0.640. The normalized spacial score (nSPS) is 10.4. The topological polar surface area (TPSA) is 71.1 Å². The van der Waals surface area contributed by atoms with Crippen LogP contribution in [0.25, 0.3) is 0 Å². The van der Waals surface area contributed by atoms with Gasteiger partial charge in [0.25, 0.3) is 11.8 Å². The Kier molecular flexibility index (Phi) is 5.54. The van der Waals surface area contributed by atoms with Gasteiger partial charge in [-0.05, 0) is 74.7 Å². The Balaban J connectivity index is 1.76. The smallest absolute Gasteiger partial charge is 0.274 e. The van der Waals surface area contributed by atoms with Crippen molar-refractivity contribution in [3.05, 3.63) is 88.2 Å². The van der Waals surface area contributed by atoms with Gasteiger partial charge in [-0.1, -0.05) is 23.8 Å². The van der Waals surface area contributed by atoms with Crippen molar-refractivity contribution in [3.63, 3.8) is 0 Å². The number of aryl methyl sites for hydroxylation is 4. The molecule has 0 radical (unpaired) electrons. The predicted octanol–water partition coefficient (Wildman–Crippen LogP) is 4.82. The van der Waals surface area contributed by atoms with E-state index in [1.807, 2.05) is 64.1 Å². The second kappa shape index (κ2) is 8.05. The highest BCUT2D eigenvalue weighted by Crippen LogP contribution is 2.18. The van der Waals surface area contributed by atoms with E-state index in [4.69, 9.17) is 0 Å². The Hall–Kier alpha value is -3.47. The van der Waals surface area contributed by atoms with Crippen LogP contribution in [0.2, 0.25) is 0 Å². The van der Waals surface area contributed by atoms with E-state index in [1.54, 1.807) is 6.07 Å². The minimum Gasteiger partial charge on any atom is -0.322 e. The van der Waals surface area contributed by atoms with Crippen molar-refractivity contribution in [2.75, 3.05) is 10.6 Å². The van der Waals surface area contributed by atoms with Gasteiger partial charge in [-0.3, -0.25) is 14.6 Å². The lowest BCUT2D eigenvalue weighted by molar-refractivity contribution is 0.102. The Bertz CT molecular complexity index is 1060. The summed E-state index contributed by atoms with van der Waals surface area (Å²) in [7, 11) is 0. The third-order valence-electron chi connectivity index (χ3n) is 4.65. The Labute approximate surface area is 164 Å². The fourth-order valence-electron chi connectivity index (χ4n) is 2.86. The molecule has 142 valence electrons. The second-order valence-electron chi connectivity index (χ2n) is 6.96. The molecule has 0 aliphatic heterocycles. The maximum Gasteiger partial charge on any atom is 0.274 e. The molecule has 2 aromatic carbocycles. The lowest BCUT2D eigenvalue weighted by Gasteiger charge is -2.10. The summed E-state index contributed by atoms with van der Waals surface area (Å²) in [4.78, 5) is 29.2.